The molecule has 1 heterocycles. The number of halogens is 1. The van der Waals surface area contributed by atoms with Crippen LogP contribution >= 0.6 is 12.4 Å². The van der Waals surface area contributed by atoms with Gasteiger partial charge in [0.1, 0.15) is 5.75 Å². The van der Waals surface area contributed by atoms with E-state index < -0.39 is 10.0 Å². The molecule has 1 saturated heterocycles. The van der Waals surface area contributed by atoms with Gasteiger partial charge >= 0.3 is 0 Å². The van der Waals surface area contributed by atoms with Crippen molar-refractivity contribution in [3.63, 3.8) is 0 Å². The van der Waals surface area contributed by atoms with Crippen LogP contribution in [0, 0.1) is 5.92 Å². The molecule has 0 radical (unpaired) electrons. The molecule has 3 rings (SSSR count). The van der Waals surface area contributed by atoms with Crippen molar-refractivity contribution in [1.29, 1.82) is 0 Å². The third-order valence-corrected chi connectivity index (χ3v) is 5.54. The van der Waals surface area contributed by atoms with Crippen molar-refractivity contribution in [2.24, 2.45) is 5.92 Å². The Balaban J connectivity index is 0.00000261. The van der Waals surface area contributed by atoms with Gasteiger partial charge in [-0.05, 0) is 30.3 Å². The van der Waals surface area contributed by atoms with Crippen molar-refractivity contribution < 1.29 is 17.9 Å². The highest BCUT2D eigenvalue weighted by molar-refractivity contribution is 7.92. The number of sulfonamides is 1. The summed E-state index contributed by atoms with van der Waals surface area (Å²) in [6.45, 7) is 2.34. The molecule has 1 aliphatic heterocycles. The lowest BCUT2D eigenvalue weighted by molar-refractivity contribution is 0.0942. The summed E-state index contributed by atoms with van der Waals surface area (Å²) >= 11 is 0. The van der Waals surface area contributed by atoms with Gasteiger partial charge in [0.15, 0.2) is 0 Å². The molecule has 0 aliphatic carbocycles. The number of hydrogen-bond acceptors (Lipinski definition) is 5. The highest BCUT2D eigenvalue weighted by Crippen LogP contribution is 2.26. The third-order valence-electron chi connectivity index (χ3n) is 4.18. The van der Waals surface area contributed by atoms with Gasteiger partial charge in [-0.25, -0.2) is 8.42 Å². The Morgan fingerprint density at radius 2 is 1.93 bits per heavy atom. The molecule has 2 aromatic carbocycles. The summed E-state index contributed by atoms with van der Waals surface area (Å²) in [5.41, 5.74) is 0.641. The van der Waals surface area contributed by atoms with Gasteiger partial charge in [0.05, 0.1) is 17.7 Å². The number of ether oxygens (including phenoxy) is 1. The Morgan fingerprint density at radius 3 is 2.59 bits per heavy atom. The number of rotatable bonds is 7. The van der Waals surface area contributed by atoms with Gasteiger partial charge < -0.3 is 15.4 Å². The van der Waals surface area contributed by atoms with E-state index in [2.05, 4.69) is 15.4 Å². The molecule has 0 aromatic heterocycles. The van der Waals surface area contributed by atoms with E-state index in [4.69, 9.17) is 4.74 Å². The number of amides is 1. The van der Waals surface area contributed by atoms with Crippen molar-refractivity contribution in [3.8, 4) is 5.75 Å². The zero-order chi connectivity index (χ0) is 18.6. The molecule has 9 heteroatoms. The molecule has 27 heavy (non-hydrogen) atoms. The van der Waals surface area contributed by atoms with Crippen molar-refractivity contribution in [1.82, 2.24) is 10.6 Å². The van der Waals surface area contributed by atoms with Gasteiger partial charge in [0.25, 0.3) is 15.9 Å². The first-order valence-corrected chi connectivity index (χ1v) is 9.73. The Hall–Kier alpha value is -2.29. The standard InChI is InChI=1S/C18H21N3O4S.ClH/c1-25-17-8-3-2-7-16(17)21-26(23,24)15-6-4-5-14(9-15)18(22)20-12-13-10-19-11-13;/h2-9,13,19,21H,10-12H2,1H3,(H,20,22);1H. The van der Waals surface area contributed by atoms with Crippen LogP contribution in [0.15, 0.2) is 53.4 Å². The van der Waals surface area contributed by atoms with Crippen LogP contribution in [0.5, 0.6) is 5.75 Å². The summed E-state index contributed by atoms with van der Waals surface area (Å²) in [7, 11) is -2.38. The fourth-order valence-electron chi connectivity index (χ4n) is 2.57. The van der Waals surface area contributed by atoms with E-state index in [1.165, 1.54) is 19.2 Å². The maximum absolute atomic E-state index is 12.7. The van der Waals surface area contributed by atoms with E-state index in [-0.39, 0.29) is 23.2 Å². The molecular formula is C18H22ClN3O4S. The molecule has 7 nitrogen and oxygen atoms in total. The van der Waals surface area contributed by atoms with E-state index in [9.17, 15) is 13.2 Å². The summed E-state index contributed by atoms with van der Waals surface area (Å²) in [4.78, 5) is 12.3. The number of carbonyl (C=O) groups excluding carboxylic acids is 1. The van der Waals surface area contributed by atoms with Gasteiger partial charge in [-0.2, -0.15) is 0 Å². The monoisotopic (exact) mass is 411 g/mol. The van der Waals surface area contributed by atoms with E-state index >= 15 is 0 Å². The van der Waals surface area contributed by atoms with Crippen molar-refractivity contribution >= 4 is 34.0 Å². The number of anilines is 1. The van der Waals surface area contributed by atoms with Crippen LogP contribution in [0.1, 0.15) is 10.4 Å². The molecule has 3 N–H and O–H groups in total. The SMILES string of the molecule is COc1ccccc1NS(=O)(=O)c1cccc(C(=O)NCC2CNC2)c1.Cl. The maximum atomic E-state index is 12.7. The van der Waals surface area contributed by atoms with Crippen molar-refractivity contribution in [2.75, 3.05) is 31.5 Å². The Kier molecular flexibility index (Phi) is 7.06. The summed E-state index contributed by atoms with van der Waals surface area (Å²) in [5.74, 6) is 0.559. The highest BCUT2D eigenvalue weighted by atomic mass is 35.5. The van der Waals surface area contributed by atoms with Gasteiger partial charge in [0.2, 0.25) is 0 Å². The average molecular weight is 412 g/mol. The summed E-state index contributed by atoms with van der Waals surface area (Å²) in [6, 6.07) is 12.7. The average Bonchev–Trinajstić information content (AvgIpc) is 2.60. The first kappa shape index (κ1) is 21.0. The number of hydrogen-bond donors (Lipinski definition) is 3. The summed E-state index contributed by atoms with van der Waals surface area (Å²) in [5, 5.41) is 5.97. The van der Waals surface area contributed by atoms with Gasteiger partial charge in [0, 0.05) is 31.1 Å². The van der Waals surface area contributed by atoms with E-state index in [0.717, 1.165) is 13.1 Å². The second-order valence-corrected chi connectivity index (χ2v) is 7.75. The lowest BCUT2D eigenvalue weighted by Gasteiger charge is -2.27. The zero-order valence-corrected chi connectivity index (χ0v) is 16.4. The predicted octanol–water partition coefficient (Wildman–Crippen LogP) is 1.87. The molecule has 0 spiro atoms. The fourth-order valence-corrected chi connectivity index (χ4v) is 3.68. The van der Waals surface area contributed by atoms with Gasteiger partial charge in [-0.1, -0.05) is 18.2 Å². The minimum atomic E-state index is -3.85. The first-order chi connectivity index (χ1) is 12.5. The smallest absolute Gasteiger partial charge is 0.262 e. The summed E-state index contributed by atoms with van der Waals surface area (Å²) in [6.07, 6.45) is 0. The molecule has 1 aliphatic rings. The second kappa shape index (κ2) is 9.07. The van der Waals surface area contributed by atoms with Gasteiger partial charge in [-0.3, -0.25) is 9.52 Å². The molecular weight excluding hydrogens is 390 g/mol. The quantitative estimate of drug-likeness (QED) is 0.646. The molecule has 0 atom stereocenters. The van der Waals surface area contributed by atoms with Crippen molar-refractivity contribution in [2.45, 2.75) is 4.90 Å². The van der Waals surface area contributed by atoms with E-state index in [1.807, 2.05) is 0 Å². The zero-order valence-electron chi connectivity index (χ0n) is 14.8. The molecule has 0 saturated carbocycles. The van der Waals surface area contributed by atoms with E-state index in [0.29, 0.717) is 29.5 Å². The number of benzene rings is 2. The van der Waals surface area contributed by atoms with E-state index in [1.54, 1.807) is 36.4 Å². The number of methoxy groups -OCH3 is 1. The van der Waals surface area contributed by atoms with Crippen LogP contribution in [0.2, 0.25) is 0 Å². The Morgan fingerprint density at radius 1 is 1.19 bits per heavy atom. The summed E-state index contributed by atoms with van der Waals surface area (Å²) < 4.78 is 33.0. The minimum absolute atomic E-state index is 0. The largest absolute Gasteiger partial charge is 0.495 e. The van der Waals surface area contributed by atoms with Crippen LogP contribution in [0.4, 0.5) is 5.69 Å². The highest BCUT2D eigenvalue weighted by Gasteiger charge is 2.20. The third kappa shape index (κ3) is 5.12. The minimum Gasteiger partial charge on any atom is -0.495 e. The maximum Gasteiger partial charge on any atom is 0.262 e. The second-order valence-electron chi connectivity index (χ2n) is 6.07. The number of carbonyl (C=O) groups is 1. The van der Waals surface area contributed by atoms with Crippen LogP contribution in [0.3, 0.4) is 0 Å². The predicted molar refractivity (Wildman–Crippen MR) is 106 cm³/mol. The van der Waals surface area contributed by atoms with Crippen LogP contribution in [0.25, 0.3) is 0 Å². The fraction of sp³-hybridized carbons (Fsp3) is 0.278. The Bertz CT molecular complexity index is 901. The molecule has 0 unspecified atom stereocenters. The van der Waals surface area contributed by atoms with Crippen molar-refractivity contribution in [3.05, 3.63) is 54.1 Å². The molecule has 1 amide bonds. The first-order valence-electron chi connectivity index (χ1n) is 8.24. The molecule has 0 bridgehead atoms. The topological polar surface area (TPSA) is 96.5 Å². The van der Waals surface area contributed by atoms with Crippen LogP contribution in [-0.2, 0) is 10.0 Å². The Labute approximate surface area is 165 Å². The molecule has 1 fully saturated rings. The normalized spacial score (nSPS) is 13.8. The van der Waals surface area contributed by atoms with Crippen LogP contribution < -0.4 is 20.1 Å². The number of nitrogens with one attached hydrogen (secondary N) is 3. The lowest BCUT2D eigenvalue weighted by atomic mass is 10.0. The number of para-hydroxylation sites is 2. The van der Waals surface area contributed by atoms with Gasteiger partial charge in [-0.15, -0.1) is 12.4 Å². The molecule has 146 valence electrons. The molecule has 2 aromatic rings. The lowest BCUT2D eigenvalue weighted by Crippen LogP contribution is -2.48. The van der Waals surface area contributed by atoms with Crippen LogP contribution in [-0.4, -0.2) is 41.1 Å².